The normalized spacial score (nSPS) is 17.2. The van der Waals surface area contributed by atoms with Gasteiger partial charge >= 0.3 is 6.18 Å². The minimum absolute atomic E-state index is 0.200. The quantitative estimate of drug-likeness (QED) is 0.852. The Morgan fingerprint density at radius 1 is 1.20 bits per heavy atom. The zero-order valence-corrected chi connectivity index (χ0v) is 15.2. The number of halogens is 3. The molecule has 1 saturated carbocycles. The van der Waals surface area contributed by atoms with Crippen molar-refractivity contribution in [2.75, 3.05) is 5.75 Å². The van der Waals surface area contributed by atoms with Crippen LogP contribution in [0.1, 0.15) is 51.2 Å². The maximum absolute atomic E-state index is 12.9. The molecule has 25 heavy (non-hydrogen) atoms. The van der Waals surface area contributed by atoms with Crippen LogP contribution >= 0.6 is 0 Å². The lowest BCUT2D eigenvalue weighted by atomic mass is 9.93. The van der Waals surface area contributed by atoms with E-state index in [2.05, 4.69) is 0 Å². The van der Waals surface area contributed by atoms with Gasteiger partial charge in [0.1, 0.15) is 0 Å². The first-order chi connectivity index (χ1) is 11.3. The first-order valence-corrected chi connectivity index (χ1v) is 9.63. The van der Waals surface area contributed by atoms with Crippen LogP contribution in [-0.4, -0.2) is 20.1 Å². The Balaban J connectivity index is 2.17. The summed E-state index contributed by atoms with van der Waals surface area (Å²) in [4.78, 5) is 12.5. The second-order valence-corrected chi connectivity index (χ2v) is 9.56. The molecule has 1 aromatic carbocycles. The predicted octanol–water partition coefficient (Wildman–Crippen LogP) is 3.62. The zero-order chi connectivity index (χ0) is 19.1. The lowest BCUT2D eigenvalue weighted by Gasteiger charge is -2.20. The lowest BCUT2D eigenvalue weighted by molar-refractivity contribution is -0.137. The zero-order valence-electron chi connectivity index (χ0n) is 14.4. The van der Waals surface area contributed by atoms with E-state index in [1.165, 1.54) is 12.1 Å². The highest BCUT2D eigenvalue weighted by atomic mass is 32.2. The van der Waals surface area contributed by atoms with Crippen molar-refractivity contribution in [2.45, 2.75) is 51.6 Å². The van der Waals surface area contributed by atoms with Crippen molar-refractivity contribution in [3.8, 4) is 0 Å². The van der Waals surface area contributed by atoms with Crippen LogP contribution in [0.5, 0.6) is 0 Å². The van der Waals surface area contributed by atoms with Crippen LogP contribution in [0.3, 0.4) is 0 Å². The number of alkyl halides is 3. The molecule has 0 heterocycles. The monoisotopic (exact) mass is 377 g/mol. The predicted molar refractivity (Wildman–Crippen MR) is 88.4 cm³/mol. The summed E-state index contributed by atoms with van der Waals surface area (Å²) >= 11 is 0. The highest BCUT2D eigenvalue weighted by Gasteiger charge is 2.52. The molecule has 0 saturated heterocycles. The molecule has 8 heteroatoms. The first kappa shape index (κ1) is 19.8. The van der Waals surface area contributed by atoms with Gasteiger partial charge in [-0.15, -0.1) is 0 Å². The van der Waals surface area contributed by atoms with Crippen molar-refractivity contribution in [3.05, 3.63) is 35.4 Å². The Morgan fingerprint density at radius 3 is 2.28 bits per heavy atom. The number of rotatable bonds is 5. The van der Waals surface area contributed by atoms with Crippen LogP contribution in [0.2, 0.25) is 0 Å². The minimum atomic E-state index is -4.51. The van der Waals surface area contributed by atoms with Crippen molar-refractivity contribution < 1.29 is 26.4 Å². The smallest absolute Gasteiger partial charge is 0.273 e. The molecule has 0 unspecified atom stereocenters. The van der Waals surface area contributed by atoms with E-state index in [0.717, 1.165) is 12.1 Å². The lowest BCUT2D eigenvalue weighted by Crippen LogP contribution is -2.40. The number of nitrogens with one attached hydrogen (secondary N) is 1. The average Bonchev–Trinajstić information content (AvgIpc) is 3.25. The van der Waals surface area contributed by atoms with Crippen molar-refractivity contribution in [1.29, 1.82) is 0 Å². The molecule has 0 aliphatic heterocycles. The molecule has 0 aromatic heterocycles. The van der Waals surface area contributed by atoms with E-state index in [-0.39, 0.29) is 16.7 Å². The van der Waals surface area contributed by atoms with Gasteiger partial charge < -0.3 is 0 Å². The second-order valence-electron chi connectivity index (χ2n) is 7.72. The molecule has 1 fully saturated rings. The Bertz CT molecular complexity index is 760. The van der Waals surface area contributed by atoms with Gasteiger partial charge in [-0.05, 0) is 36.3 Å². The summed E-state index contributed by atoms with van der Waals surface area (Å²) in [6.07, 6.45) is -3.49. The number of hydrogen-bond donors (Lipinski definition) is 1. The number of benzene rings is 1. The second kappa shape index (κ2) is 6.30. The van der Waals surface area contributed by atoms with Gasteiger partial charge in [0.25, 0.3) is 0 Å². The van der Waals surface area contributed by atoms with Crippen LogP contribution in [0, 0.1) is 5.41 Å². The third kappa shape index (κ3) is 4.96. The molecular weight excluding hydrogens is 355 g/mol. The molecule has 140 valence electrons. The molecule has 2 rings (SSSR count). The fourth-order valence-corrected chi connectivity index (χ4v) is 3.96. The Kier molecular flexibility index (Phi) is 4.98. The summed E-state index contributed by atoms with van der Waals surface area (Å²) in [7, 11) is -3.83. The molecule has 0 spiro atoms. The molecule has 1 aliphatic carbocycles. The maximum Gasteiger partial charge on any atom is 0.416 e. The number of sulfonamides is 1. The van der Waals surface area contributed by atoms with E-state index in [1.807, 2.05) is 25.5 Å². The Morgan fingerprint density at radius 2 is 1.80 bits per heavy atom. The van der Waals surface area contributed by atoms with Gasteiger partial charge in [0.15, 0.2) is 0 Å². The van der Waals surface area contributed by atoms with Gasteiger partial charge in [-0.2, -0.15) is 13.2 Å². The molecule has 1 aromatic rings. The summed E-state index contributed by atoms with van der Waals surface area (Å²) in [6, 6.07) is 4.52. The third-order valence-corrected chi connectivity index (χ3v) is 5.53. The van der Waals surface area contributed by atoms with Crippen LogP contribution < -0.4 is 4.72 Å². The fraction of sp³-hybridized carbons (Fsp3) is 0.588. The van der Waals surface area contributed by atoms with Gasteiger partial charge in [0.2, 0.25) is 15.9 Å². The highest BCUT2D eigenvalue weighted by Crippen LogP contribution is 2.49. The summed E-state index contributed by atoms with van der Waals surface area (Å²) in [5, 5.41) is 0. The van der Waals surface area contributed by atoms with Crippen LogP contribution in [-0.2, 0) is 26.4 Å². The van der Waals surface area contributed by atoms with Crippen molar-refractivity contribution in [2.24, 2.45) is 5.41 Å². The molecule has 4 nitrogen and oxygen atoms in total. The molecule has 0 bridgehead atoms. The fourth-order valence-electron chi connectivity index (χ4n) is 2.50. The summed E-state index contributed by atoms with van der Waals surface area (Å²) in [5.74, 6) is -0.957. The van der Waals surface area contributed by atoms with E-state index in [0.29, 0.717) is 19.3 Å². The summed E-state index contributed by atoms with van der Waals surface area (Å²) < 4.78 is 64.8. The number of amides is 1. The largest absolute Gasteiger partial charge is 0.416 e. The number of carbonyl (C=O) groups is 1. The van der Waals surface area contributed by atoms with E-state index >= 15 is 0 Å². The Labute approximate surface area is 145 Å². The van der Waals surface area contributed by atoms with Crippen LogP contribution in [0.4, 0.5) is 13.2 Å². The molecule has 1 amide bonds. The number of carbonyl (C=O) groups excluding carboxylic acids is 1. The molecule has 1 N–H and O–H groups in total. The molecule has 0 radical (unpaired) electrons. The van der Waals surface area contributed by atoms with E-state index in [9.17, 15) is 26.4 Å². The Hall–Kier alpha value is -1.57. The minimum Gasteiger partial charge on any atom is -0.273 e. The van der Waals surface area contributed by atoms with Crippen molar-refractivity contribution in [3.63, 3.8) is 0 Å². The molecule has 0 atom stereocenters. The van der Waals surface area contributed by atoms with Gasteiger partial charge in [-0.1, -0.05) is 39.0 Å². The third-order valence-electron chi connectivity index (χ3n) is 4.30. The standard InChI is InChI=1S/C17H22F3NO3S/c1-15(2,3)9-10-25(23,24)21-14(22)16(7-8-16)12-5-4-6-13(11-12)17(18,19)20/h4-6,11H,7-10H2,1-3H3,(H,21,22). The first-order valence-electron chi connectivity index (χ1n) is 7.98. The topological polar surface area (TPSA) is 63.2 Å². The summed E-state index contributed by atoms with van der Waals surface area (Å²) in [6.45, 7) is 5.65. The van der Waals surface area contributed by atoms with E-state index in [1.54, 1.807) is 0 Å². The van der Waals surface area contributed by atoms with Crippen molar-refractivity contribution in [1.82, 2.24) is 4.72 Å². The molecular formula is C17H22F3NO3S. The van der Waals surface area contributed by atoms with Crippen LogP contribution in [0.25, 0.3) is 0 Å². The van der Waals surface area contributed by atoms with E-state index in [4.69, 9.17) is 0 Å². The molecule has 1 aliphatic rings. The SMILES string of the molecule is CC(C)(C)CCS(=O)(=O)NC(=O)C1(c2cccc(C(F)(F)F)c2)CC1. The number of hydrogen-bond acceptors (Lipinski definition) is 3. The van der Waals surface area contributed by atoms with Gasteiger partial charge in [-0.3, -0.25) is 9.52 Å². The summed E-state index contributed by atoms with van der Waals surface area (Å²) in [5.41, 5.74) is -2.04. The van der Waals surface area contributed by atoms with Gasteiger partial charge in [-0.25, -0.2) is 8.42 Å². The van der Waals surface area contributed by atoms with E-state index < -0.39 is 33.1 Å². The van der Waals surface area contributed by atoms with Crippen LogP contribution in [0.15, 0.2) is 24.3 Å². The van der Waals surface area contributed by atoms with Gasteiger partial charge in [0, 0.05) is 0 Å². The average molecular weight is 377 g/mol. The maximum atomic E-state index is 12.9. The van der Waals surface area contributed by atoms with Crippen molar-refractivity contribution >= 4 is 15.9 Å². The highest BCUT2D eigenvalue weighted by molar-refractivity contribution is 7.90. The van der Waals surface area contributed by atoms with Gasteiger partial charge in [0.05, 0.1) is 16.7 Å².